The van der Waals surface area contributed by atoms with E-state index < -0.39 is 0 Å². The molecule has 19 heavy (non-hydrogen) atoms. The third-order valence-electron chi connectivity index (χ3n) is 3.26. The molecule has 0 N–H and O–H groups in total. The van der Waals surface area contributed by atoms with Crippen LogP contribution in [0.5, 0.6) is 0 Å². The van der Waals surface area contributed by atoms with Crippen molar-refractivity contribution in [3.8, 4) is 0 Å². The van der Waals surface area contributed by atoms with E-state index in [-0.39, 0.29) is 5.78 Å². The number of aromatic nitrogens is 2. The average Bonchev–Trinajstić information content (AvgIpc) is 2.80. The van der Waals surface area contributed by atoms with Gasteiger partial charge in [0.1, 0.15) is 0 Å². The summed E-state index contributed by atoms with van der Waals surface area (Å²) in [5.41, 5.74) is 2.89. The van der Waals surface area contributed by atoms with Gasteiger partial charge in [0.2, 0.25) is 0 Å². The second-order valence-electron chi connectivity index (χ2n) is 4.53. The molecule has 4 nitrogen and oxygen atoms in total. The van der Waals surface area contributed by atoms with E-state index in [2.05, 4.69) is 18.9 Å². The lowest BCUT2D eigenvalue weighted by molar-refractivity contribution is 0.0986. The van der Waals surface area contributed by atoms with Crippen LogP contribution in [0.15, 0.2) is 0 Å². The first-order valence-electron chi connectivity index (χ1n) is 7.38. The van der Waals surface area contributed by atoms with Gasteiger partial charge >= 0.3 is 0 Å². The summed E-state index contributed by atoms with van der Waals surface area (Å²) < 4.78 is 7.35. The van der Waals surface area contributed by atoms with E-state index in [9.17, 15) is 4.79 Å². The van der Waals surface area contributed by atoms with Crippen molar-refractivity contribution >= 4 is 5.78 Å². The van der Waals surface area contributed by atoms with Crippen LogP contribution in [0.4, 0.5) is 0 Å². The van der Waals surface area contributed by atoms with Crippen LogP contribution in [-0.4, -0.2) is 28.8 Å². The summed E-state index contributed by atoms with van der Waals surface area (Å²) >= 11 is 0. The molecular formula is C15H26N2O2. The van der Waals surface area contributed by atoms with Gasteiger partial charge in [0, 0.05) is 31.9 Å². The van der Waals surface area contributed by atoms with Crippen molar-refractivity contribution in [2.45, 2.75) is 59.9 Å². The largest absolute Gasteiger partial charge is 0.382 e. The Bertz CT molecular complexity index is 411. The van der Waals surface area contributed by atoms with Gasteiger partial charge in [-0.2, -0.15) is 5.10 Å². The van der Waals surface area contributed by atoms with Crippen LogP contribution in [0.3, 0.4) is 0 Å². The maximum Gasteiger partial charge on any atom is 0.166 e. The smallest absolute Gasteiger partial charge is 0.166 e. The van der Waals surface area contributed by atoms with Crippen LogP contribution in [0, 0.1) is 0 Å². The van der Waals surface area contributed by atoms with Gasteiger partial charge in [0.05, 0.1) is 11.3 Å². The van der Waals surface area contributed by atoms with Crippen LogP contribution in [0.1, 0.15) is 62.3 Å². The van der Waals surface area contributed by atoms with Gasteiger partial charge in [-0.1, -0.05) is 20.8 Å². The molecule has 0 radical (unpaired) electrons. The zero-order chi connectivity index (χ0) is 14.3. The van der Waals surface area contributed by atoms with Crippen LogP contribution >= 0.6 is 0 Å². The van der Waals surface area contributed by atoms with Gasteiger partial charge in [0.25, 0.3) is 0 Å². The van der Waals surface area contributed by atoms with Crippen LogP contribution in [0.25, 0.3) is 0 Å². The summed E-state index contributed by atoms with van der Waals surface area (Å²) in [5.74, 6) is 0.213. The van der Waals surface area contributed by atoms with E-state index >= 15 is 0 Å². The Morgan fingerprint density at radius 3 is 2.47 bits per heavy atom. The third-order valence-corrected chi connectivity index (χ3v) is 3.26. The SMILES string of the molecule is CCOCCCn1nc(CC)c(C(=O)CC)c1CC. The lowest BCUT2D eigenvalue weighted by Gasteiger charge is -2.07. The molecule has 108 valence electrons. The minimum absolute atomic E-state index is 0.213. The minimum Gasteiger partial charge on any atom is -0.382 e. The fraction of sp³-hybridized carbons (Fsp3) is 0.733. The molecule has 0 spiro atoms. The summed E-state index contributed by atoms with van der Waals surface area (Å²) in [6.07, 6.45) is 3.14. The van der Waals surface area contributed by atoms with E-state index in [1.165, 1.54) is 0 Å². The molecule has 1 aromatic heterocycles. The normalized spacial score (nSPS) is 10.9. The summed E-state index contributed by atoms with van der Waals surface area (Å²) in [7, 11) is 0. The fourth-order valence-electron chi connectivity index (χ4n) is 2.30. The van der Waals surface area contributed by atoms with E-state index in [1.807, 2.05) is 18.5 Å². The molecule has 0 aliphatic rings. The van der Waals surface area contributed by atoms with E-state index in [4.69, 9.17) is 4.74 Å². The molecule has 1 aromatic rings. The zero-order valence-corrected chi connectivity index (χ0v) is 12.7. The van der Waals surface area contributed by atoms with Crippen molar-refractivity contribution in [1.29, 1.82) is 0 Å². The number of ether oxygens (including phenoxy) is 1. The highest BCUT2D eigenvalue weighted by molar-refractivity contribution is 5.98. The molecule has 0 unspecified atom stereocenters. The number of carbonyl (C=O) groups excluding carboxylic acids is 1. The molecule has 4 heteroatoms. The van der Waals surface area contributed by atoms with Gasteiger partial charge in [-0.25, -0.2) is 0 Å². The van der Waals surface area contributed by atoms with Crippen molar-refractivity contribution in [3.05, 3.63) is 17.0 Å². The maximum absolute atomic E-state index is 12.1. The van der Waals surface area contributed by atoms with Crippen molar-refractivity contribution in [3.63, 3.8) is 0 Å². The van der Waals surface area contributed by atoms with Crippen molar-refractivity contribution in [2.75, 3.05) is 13.2 Å². The van der Waals surface area contributed by atoms with E-state index in [0.29, 0.717) is 6.42 Å². The highest BCUT2D eigenvalue weighted by Gasteiger charge is 2.20. The summed E-state index contributed by atoms with van der Waals surface area (Å²) in [4.78, 5) is 12.1. The number of aryl methyl sites for hydroxylation is 2. The Hall–Kier alpha value is -1.16. The Kier molecular flexibility index (Phi) is 6.78. The molecule has 0 saturated heterocycles. The highest BCUT2D eigenvalue weighted by Crippen LogP contribution is 2.18. The minimum atomic E-state index is 0.213. The van der Waals surface area contributed by atoms with Crippen molar-refractivity contribution in [2.24, 2.45) is 0 Å². The van der Waals surface area contributed by atoms with Crippen LogP contribution < -0.4 is 0 Å². The van der Waals surface area contributed by atoms with Gasteiger partial charge in [0.15, 0.2) is 5.78 Å². The Labute approximate surface area is 116 Å². The van der Waals surface area contributed by atoms with Gasteiger partial charge in [-0.3, -0.25) is 9.48 Å². The first kappa shape index (κ1) is 15.9. The lowest BCUT2D eigenvalue weighted by atomic mass is 10.0. The summed E-state index contributed by atoms with van der Waals surface area (Å²) in [6.45, 7) is 10.4. The topological polar surface area (TPSA) is 44.1 Å². The quantitative estimate of drug-likeness (QED) is 0.510. The molecule has 1 heterocycles. The number of rotatable bonds is 9. The maximum atomic E-state index is 12.1. The molecule has 0 atom stereocenters. The molecular weight excluding hydrogens is 240 g/mol. The Balaban J connectivity index is 2.92. The standard InChI is InChI=1S/C15H26N2O2/c1-5-12-15(14(18)7-3)13(6-2)17(16-12)10-9-11-19-8-4/h5-11H2,1-4H3. The van der Waals surface area contributed by atoms with Crippen LogP contribution in [0.2, 0.25) is 0 Å². The molecule has 0 fully saturated rings. The lowest BCUT2D eigenvalue weighted by Crippen LogP contribution is -2.09. The molecule has 0 saturated carbocycles. The number of hydrogen-bond donors (Lipinski definition) is 0. The number of hydrogen-bond acceptors (Lipinski definition) is 3. The number of carbonyl (C=O) groups is 1. The number of Topliss-reactive ketones (excluding diaryl/α,β-unsaturated/α-hetero) is 1. The summed E-state index contributed by atoms with van der Waals surface area (Å²) in [6, 6.07) is 0. The zero-order valence-electron chi connectivity index (χ0n) is 12.7. The molecule has 0 aliphatic heterocycles. The van der Waals surface area contributed by atoms with Crippen molar-refractivity contribution < 1.29 is 9.53 Å². The van der Waals surface area contributed by atoms with Gasteiger partial charge < -0.3 is 4.74 Å². The molecule has 0 bridgehead atoms. The second-order valence-corrected chi connectivity index (χ2v) is 4.53. The molecule has 0 aliphatic carbocycles. The average molecular weight is 266 g/mol. The van der Waals surface area contributed by atoms with Crippen molar-refractivity contribution in [1.82, 2.24) is 9.78 Å². The Morgan fingerprint density at radius 2 is 1.95 bits per heavy atom. The predicted octanol–water partition coefficient (Wildman–Crippen LogP) is 3.03. The third kappa shape index (κ3) is 3.90. The first-order valence-corrected chi connectivity index (χ1v) is 7.38. The van der Waals surface area contributed by atoms with Gasteiger partial charge in [-0.15, -0.1) is 0 Å². The van der Waals surface area contributed by atoms with E-state index in [0.717, 1.165) is 56.0 Å². The summed E-state index contributed by atoms with van der Waals surface area (Å²) in [5, 5.41) is 4.61. The number of nitrogens with zero attached hydrogens (tertiary/aromatic N) is 2. The molecule has 1 rings (SSSR count). The Morgan fingerprint density at radius 1 is 1.21 bits per heavy atom. The second kappa shape index (κ2) is 8.10. The first-order chi connectivity index (χ1) is 9.19. The van der Waals surface area contributed by atoms with E-state index in [1.54, 1.807) is 0 Å². The van der Waals surface area contributed by atoms with Crippen LogP contribution in [-0.2, 0) is 24.1 Å². The number of ketones is 1. The molecule has 0 aromatic carbocycles. The highest BCUT2D eigenvalue weighted by atomic mass is 16.5. The predicted molar refractivity (Wildman–Crippen MR) is 76.7 cm³/mol. The monoisotopic (exact) mass is 266 g/mol. The molecule has 0 amide bonds. The van der Waals surface area contributed by atoms with Gasteiger partial charge in [-0.05, 0) is 26.2 Å². The fourth-order valence-corrected chi connectivity index (χ4v) is 2.30.